The van der Waals surface area contributed by atoms with Gasteiger partial charge in [-0.3, -0.25) is 0 Å². The van der Waals surface area contributed by atoms with Crippen molar-refractivity contribution in [2.24, 2.45) is 0 Å². The average molecular weight is 216 g/mol. The topological polar surface area (TPSA) is 12.5 Å². The molecular weight excluding hydrogens is 206 g/mol. The summed E-state index contributed by atoms with van der Waals surface area (Å²) in [6, 6.07) is 3.63. The number of thioether (sulfide) groups is 1. The molecule has 2 rings (SSSR count). The van der Waals surface area contributed by atoms with E-state index in [-0.39, 0.29) is 5.60 Å². The van der Waals surface area contributed by atoms with Crippen LogP contribution in [0.3, 0.4) is 0 Å². The molecule has 76 valence electrons. The molecule has 1 fully saturated rings. The maximum Gasteiger partial charge on any atom is 0.139 e. The van der Waals surface area contributed by atoms with Crippen LogP contribution in [0.1, 0.15) is 6.92 Å². The van der Waals surface area contributed by atoms with Crippen LogP contribution in [0.4, 0.5) is 8.78 Å². The van der Waals surface area contributed by atoms with Gasteiger partial charge in [-0.2, -0.15) is 0 Å². The van der Waals surface area contributed by atoms with E-state index in [2.05, 4.69) is 0 Å². The molecule has 0 saturated carbocycles. The van der Waals surface area contributed by atoms with Crippen LogP contribution in [0.5, 0.6) is 0 Å². The monoisotopic (exact) mass is 216 g/mol. The van der Waals surface area contributed by atoms with Crippen molar-refractivity contribution in [1.82, 2.24) is 0 Å². The lowest BCUT2D eigenvalue weighted by Gasteiger charge is -2.05. The molecule has 4 heteroatoms. The summed E-state index contributed by atoms with van der Waals surface area (Å²) in [4.78, 5) is 0.475. The second kappa shape index (κ2) is 3.51. The molecule has 0 bridgehead atoms. The zero-order chi connectivity index (χ0) is 10.2. The van der Waals surface area contributed by atoms with E-state index in [0.717, 1.165) is 12.7 Å². The molecule has 14 heavy (non-hydrogen) atoms. The standard InChI is InChI=1S/C10H10F2OS/c1-10(5-13-10)6-14-9-3-2-7(11)4-8(9)12/h2-4H,5-6H2,1H3. The molecule has 1 heterocycles. The van der Waals surface area contributed by atoms with Crippen molar-refractivity contribution in [1.29, 1.82) is 0 Å². The van der Waals surface area contributed by atoms with Gasteiger partial charge >= 0.3 is 0 Å². The predicted octanol–water partition coefficient (Wildman–Crippen LogP) is 2.85. The summed E-state index contributed by atoms with van der Waals surface area (Å²) in [5.41, 5.74) is -0.106. The molecule has 0 spiro atoms. The molecule has 1 aromatic rings. The van der Waals surface area contributed by atoms with Gasteiger partial charge in [0.2, 0.25) is 0 Å². The summed E-state index contributed by atoms with van der Waals surface area (Å²) in [6.07, 6.45) is 0. The van der Waals surface area contributed by atoms with Gasteiger partial charge in [0.15, 0.2) is 0 Å². The van der Waals surface area contributed by atoms with Gasteiger partial charge in [0, 0.05) is 16.7 Å². The number of hydrogen-bond acceptors (Lipinski definition) is 2. The molecule has 0 N–H and O–H groups in total. The first-order chi connectivity index (χ1) is 6.59. The fraction of sp³-hybridized carbons (Fsp3) is 0.400. The molecule has 1 aromatic carbocycles. The third-order valence-electron chi connectivity index (χ3n) is 2.06. The highest BCUT2D eigenvalue weighted by molar-refractivity contribution is 7.99. The molecule has 1 saturated heterocycles. The Balaban J connectivity index is 2.02. The van der Waals surface area contributed by atoms with E-state index in [1.807, 2.05) is 6.92 Å². The highest BCUT2D eigenvalue weighted by atomic mass is 32.2. The lowest BCUT2D eigenvalue weighted by Crippen LogP contribution is -2.07. The third kappa shape index (κ3) is 2.25. The Morgan fingerprint density at radius 2 is 2.21 bits per heavy atom. The fourth-order valence-electron chi connectivity index (χ4n) is 1.03. The zero-order valence-electron chi connectivity index (χ0n) is 7.72. The smallest absolute Gasteiger partial charge is 0.139 e. The van der Waals surface area contributed by atoms with Gasteiger partial charge in [0.25, 0.3) is 0 Å². The van der Waals surface area contributed by atoms with Crippen LogP contribution < -0.4 is 0 Å². The summed E-state index contributed by atoms with van der Waals surface area (Å²) in [5, 5.41) is 0. The van der Waals surface area contributed by atoms with E-state index in [0.29, 0.717) is 10.6 Å². The van der Waals surface area contributed by atoms with Crippen LogP contribution in [-0.2, 0) is 4.74 Å². The zero-order valence-corrected chi connectivity index (χ0v) is 8.54. The maximum absolute atomic E-state index is 13.1. The first-order valence-electron chi connectivity index (χ1n) is 4.31. The largest absolute Gasteiger partial charge is 0.369 e. The van der Waals surface area contributed by atoms with Crippen LogP contribution in [0.15, 0.2) is 23.1 Å². The molecule has 0 amide bonds. The van der Waals surface area contributed by atoms with E-state index in [9.17, 15) is 8.78 Å². The molecule has 1 aliphatic rings. The lowest BCUT2D eigenvalue weighted by molar-refractivity contribution is 0.348. The SMILES string of the molecule is CC1(CSc2ccc(F)cc2F)CO1. The minimum atomic E-state index is -0.541. The highest BCUT2D eigenvalue weighted by Gasteiger charge is 2.39. The van der Waals surface area contributed by atoms with Crippen molar-refractivity contribution in [2.75, 3.05) is 12.4 Å². The molecular formula is C10H10F2OS. The van der Waals surface area contributed by atoms with E-state index in [1.54, 1.807) is 0 Å². The summed E-state index contributed by atoms with van der Waals surface area (Å²) < 4.78 is 30.9. The van der Waals surface area contributed by atoms with E-state index in [4.69, 9.17) is 4.74 Å². The minimum Gasteiger partial charge on any atom is -0.369 e. The number of benzene rings is 1. The van der Waals surface area contributed by atoms with Crippen LogP contribution in [0.2, 0.25) is 0 Å². The van der Waals surface area contributed by atoms with Crippen LogP contribution in [0.25, 0.3) is 0 Å². The molecule has 1 aliphatic heterocycles. The lowest BCUT2D eigenvalue weighted by atomic mass is 10.3. The molecule has 0 radical (unpaired) electrons. The Morgan fingerprint density at radius 3 is 2.79 bits per heavy atom. The number of hydrogen-bond donors (Lipinski definition) is 0. The second-order valence-corrected chi connectivity index (χ2v) is 4.62. The first-order valence-corrected chi connectivity index (χ1v) is 5.29. The molecule has 0 aliphatic carbocycles. The van der Waals surface area contributed by atoms with Crippen LogP contribution in [0, 0.1) is 11.6 Å². The predicted molar refractivity (Wildman–Crippen MR) is 51.4 cm³/mol. The summed E-state index contributed by atoms with van der Waals surface area (Å²) in [5.74, 6) is -0.338. The van der Waals surface area contributed by atoms with Gasteiger partial charge in [-0.05, 0) is 19.1 Å². The van der Waals surface area contributed by atoms with Gasteiger partial charge in [0.05, 0.1) is 12.2 Å². The van der Waals surface area contributed by atoms with Crippen LogP contribution in [-0.4, -0.2) is 18.0 Å². The first kappa shape index (κ1) is 9.93. The van der Waals surface area contributed by atoms with Crippen molar-refractivity contribution in [2.45, 2.75) is 17.4 Å². The quantitative estimate of drug-likeness (QED) is 0.569. The highest BCUT2D eigenvalue weighted by Crippen LogP contribution is 2.34. The summed E-state index contributed by atoms with van der Waals surface area (Å²) >= 11 is 1.36. The van der Waals surface area contributed by atoms with Crippen molar-refractivity contribution >= 4 is 11.8 Å². The molecule has 0 aromatic heterocycles. The van der Waals surface area contributed by atoms with E-state index in [1.165, 1.54) is 23.9 Å². The number of rotatable bonds is 3. The Kier molecular flexibility index (Phi) is 2.49. The van der Waals surface area contributed by atoms with Gasteiger partial charge in [-0.1, -0.05) is 0 Å². The van der Waals surface area contributed by atoms with Crippen molar-refractivity contribution in [3.63, 3.8) is 0 Å². The molecule has 1 atom stereocenters. The number of halogens is 2. The van der Waals surface area contributed by atoms with Gasteiger partial charge in [0.1, 0.15) is 11.6 Å². The van der Waals surface area contributed by atoms with Gasteiger partial charge in [-0.15, -0.1) is 11.8 Å². The van der Waals surface area contributed by atoms with E-state index < -0.39 is 11.6 Å². The van der Waals surface area contributed by atoms with E-state index >= 15 is 0 Å². The van der Waals surface area contributed by atoms with Crippen molar-refractivity contribution in [3.05, 3.63) is 29.8 Å². The fourth-order valence-corrected chi connectivity index (χ4v) is 2.02. The Hall–Kier alpha value is -0.610. The molecule has 1 unspecified atom stereocenters. The second-order valence-electron chi connectivity index (χ2n) is 3.60. The summed E-state index contributed by atoms with van der Waals surface area (Å²) in [6.45, 7) is 2.70. The normalized spacial score (nSPS) is 25.1. The summed E-state index contributed by atoms with van der Waals surface area (Å²) in [7, 11) is 0. The van der Waals surface area contributed by atoms with Crippen molar-refractivity contribution in [3.8, 4) is 0 Å². The minimum absolute atomic E-state index is 0.106. The van der Waals surface area contributed by atoms with Crippen molar-refractivity contribution < 1.29 is 13.5 Å². The number of epoxide rings is 1. The average Bonchev–Trinajstić information content (AvgIpc) is 2.83. The number of ether oxygens (including phenoxy) is 1. The third-order valence-corrected chi connectivity index (χ3v) is 3.46. The molecule has 1 nitrogen and oxygen atoms in total. The van der Waals surface area contributed by atoms with Gasteiger partial charge < -0.3 is 4.74 Å². The Morgan fingerprint density at radius 1 is 1.50 bits per heavy atom. The van der Waals surface area contributed by atoms with Gasteiger partial charge in [-0.25, -0.2) is 8.78 Å². The Bertz CT molecular complexity index is 350. The maximum atomic E-state index is 13.1. The van der Waals surface area contributed by atoms with Crippen LogP contribution >= 0.6 is 11.8 Å². The Labute approximate surface area is 85.5 Å².